The quantitative estimate of drug-likeness (QED) is 0.587. The molecule has 2 aliphatic carbocycles. The number of carboxylic acids is 1. The summed E-state index contributed by atoms with van der Waals surface area (Å²) < 4.78 is 5.66. The van der Waals surface area contributed by atoms with Gasteiger partial charge in [-0.25, -0.2) is 4.79 Å². The lowest BCUT2D eigenvalue weighted by Crippen LogP contribution is -2.63. The number of carboxylic acid groups (broad SMARTS) is 1. The first kappa shape index (κ1) is 23.1. The van der Waals surface area contributed by atoms with Gasteiger partial charge in [-0.3, -0.25) is 9.59 Å². The third-order valence-corrected chi connectivity index (χ3v) is 7.77. The van der Waals surface area contributed by atoms with E-state index in [0.29, 0.717) is 19.3 Å². The summed E-state index contributed by atoms with van der Waals surface area (Å²) in [7, 11) is 0. The molecule has 0 unspecified atom stereocenters. The van der Waals surface area contributed by atoms with Crippen LogP contribution in [0.15, 0.2) is 61.2 Å². The van der Waals surface area contributed by atoms with Crippen molar-refractivity contribution in [3.05, 3.63) is 72.3 Å². The highest BCUT2D eigenvalue weighted by molar-refractivity contribution is 5.86. The monoisotopic (exact) mass is 474 g/mol. The molecule has 0 radical (unpaired) electrons. The van der Waals surface area contributed by atoms with Gasteiger partial charge in [0.2, 0.25) is 5.91 Å². The Bertz CT molecular complexity index is 1120. The predicted octanol–water partition coefficient (Wildman–Crippen LogP) is 4.18. The molecule has 0 spiro atoms. The van der Waals surface area contributed by atoms with Gasteiger partial charge in [0.05, 0.1) is 5.92 Å². The predicted molar refractivity (Wildman–Crippen MR) is 131 cm³/mol. The van der Waals surface area contributed by atoms with Crippen LogP contribution in [-0.2, 0) is 14.3 Å². The third kappa shape index (κ3) is 4.09. The summed E-state index contributed by atoms with van der Waals surface area (Å²) in [6, 6.07) is 16.0. The highest BCUT2D eigenvalue weighted by Gasteiger charge is 2.52. The second kappa shape index (κ2) is 9.21. The smallest absolute Gasteiger partial charge is 0.407 e. The average molecular weight is 475 g/mol. The van der Waals surface area contributed by atoms with Gasteiger partial charge in [0.1, 0.15) is 12.0 Å². The van der Waals surface area contributed by atoms with Gasteiger partial charge in [-0.15, -0.1) is 6.58 Å². The van der Waals surface area contributed by atoms with E-state index in [2.05, 4.69) is 36.2 Å². The van der Waals surface area contributed by atoms with Crippen molar-refractivity contribution < 1.29 is 24.2 Å². The maximum atomic E-state index is 13.1. The third-order valence-electron chi connectivity index (χ3n) is 7.77. The number of amides is 2. The molecule has 7 nitrogen and oxygen atoms in total. The first-order chi connectivity index (χ1) is 16.9. The van der Waals surface area contributed by atoms with E-state index in [1.54, 1.807) is 11.0 Å². The minimum atomic E-state index is -0.939. The Morgan fingerprint density at radius 3 is 2.29 bits per heavy atom. The van der Waals surface area contributed by atoms with Crippen molar-refractivity contribution in [2.45, 2.75) is 37.6 Å². The molecule has 182 valence electrons. The molecule has 5 rings (SSSR count). The Labute approximate surface area is 204 Å². The first-order valence-electron chi connectivity index (χ1n) is 12.2. The number of rotatable bonds is 7. The largest absolute Gasteiger partial charge is 0.481 e. The van der Waals surface area contributed by atoms with Crippen LogP contribution in [0.1, 0.15) is 42.7 Å². The van der Waals surface area contributed by atoms with Crippen molar-refractivity contribution in [2.24, 2.45) is 11.3 Å². The van der Waals surface area contributed by atoms with Crippen LogP contribution in [0, 0.1) is 11.3 Å². The van der Waals surface area contributed by atoms with Crippen LogP contribution in [-0.4, -0.2) is 53.7 Å². The summed E-state index contributed by atoms with van der Waals surface area (Å²) in [4.78, 5) is 39.1. The molecule has 2 N–H and O–H groups in total. The lowest BCUT2D eigenvalue weighted by molar-refractivity contribution is -0.167. The number of allylic oxidation sites excluding steroid dienone is 1. The summed E-state index contributed by atoms with van der Waals surface area (Å²) in [5.41, 5.74) is 3.69. The average Bonchev–Trinajstić information content (AvgIpc) is 3.41. The number of nitrogens with one attached hydrogen (secondary N) is 1. The van der Waals surface area contributed by atoms with Crippen LogP contribution >= 0.6 is 0 Å². The van der Waals surface area contributed by atoms with E-state index >= 15 is 0 Å². The molecule has 2 atom stereocenters. The minimum absolute atomic E-state index is 0.0238. The molecule has 35 heavy (non-hydrogen) atoms. The van der Waals surface area contributed by atoms with E-state index in [-0.39, 0.29) is 43.5 Å². The standard InChI is InChI=1S/C28H30N2O5/c1-2-14-28(26(32)33)16-30(17-28)25(31)22-12-7-13-24(22)29-27(34)35-15-23-20-10-5-3-8-18(20)19-9-4-6-11-21(19)23/h2-6,8-11,22-24H,1,7,12-17H2,(H,29,34)(H,32,33)/t22-,24+/m0/s1. The Balaban J connectivity index is 1.19. The first-order valence-corrected chi connectivity index (χ1v) is 12.2. The van der Waals surface area contributed by atoms with Gasteiger partial charge in [-0.2, -0.15) is 0 Å². The number of ether oxygens (including phenoxy) is 1. The molecule has 2 amide bonds. The van der Waals surface area contributed by atoms with Crippen LogP contribution < -0.4 is 5.32 Å². The molecular weight excluding hydrogens is 444 g/mol. The molecular formula is C28H30N2O5. The van der Waals surface area contributed by atoms with E-state index in [1.165, 1.54) is 11.1 Å². The summed E-state index contributed by atoms with van der Waals surface area (Å²) in [6.45, 7) is 4.23. The fraction of sp³-hybridized carbons (Fsp3) is 0.393. The van der Waals surface area contributed by atoms with Crippen molar-refractivity contribution in [3.8, 4) is 11.1 Å². The Morgan fingerprint density at radius 1 is 1.06 bits per heavy atom. The van der Waals surface area contributed by atoms with Crippen LogP contribution in [0.3, 0.4) is 0 Å². The number of nitrogens with zero attached hydrogens (tertiary/aromatic N) is 1. The molecule has 3 aliphatic rings. The van der Waals surface area contributed by atoms with E-state index < -0.39 is 17.5 Å². The number of carbonyl (C=O) groups excluding carboxylic acids is 2. The second-order valence-corrected chi connectivity index (χ2v) is 9.89. The number of alkyl carbamates (subject to hydrolysis) is 1. The van der Waals surface area contributed by atoms with Gasteiger partial charge >= 0.3 is 12.1 Å². The molecule has 2 aromatic carbocycles. The van der Waals surface area contributed by atoms with Crippen molar-refractivity contribution in [1.82, 2.24) is 10.2 Å². The maximum Gasteiger partial charge on any atom is 0.407 e. The summed E-state index contributed by atoms with van der Waals surface area (Å²) in [6.07, 6.45) is 3.60. The van der Waals surface area contributed by atoms with Crippen molar-refractivity contribution in [2.75, 3.05) is 19.7 Å². The summed E-state index contributed by atoms with van der Waals surface area (Å²) in [5, 5.41) is 12.5. The number of likely N-dealkylation sites (tertiary alicyclic amines) is 1. The van der Waals surface area contributed by atoms with Crippen molar-refractivity contribution in [3.63, 3.8) is 0 Å². The van der Waals surface area contributed by atoms with Crippen molar-refractivity contribution >= 4 is 18.0 Å². The minimum Gasteiger partial charge on any atom is -0.481 e. The SMILES string of the molecule is C=CCC1(C(=O)O)CN(C(=O)[C@H]2CCC[C@H]2NC(=O)OCC2c3ccccc3-c3ccccc32)C1. The van der Waals surface area contributed by atoms with E-state index in [1.807, 2.05) is 24.3 Å². The zero-order valence-corrected chi connectivity index (χ0v) is 19.6. The molecule has 1 aliphatic heterocycles. The number of aliphatic carboxylic acids is 1. The number of hydrogen-bond donors (Lipinski definition) is 2. The second-order valence-electron chi connectivity index (χ2n) is 9.89. The zero-order valence-electron chi connectivity index (χ0n) is 19.6. The number of fused-ring (bicyclic) bond motifs is 3. The molecule has 1 heterocycles. The van der Waals surface area contributed by atoms with Gasteiger partial charge in [0, 0.05) is 25.0 Å². The molecule has 2 aromatic rings. The van der Waals surface area contributed by atoms with Crippen LogP contribution in [0.4, 0.5) is 4.79 Å². The van der Waals surface area contributed by atoms with Gasteiger partial charge in [-0.1, -0.05) is 61.0 Å². The fourth-order valence-electron chi connectivity index (χ4n) is 5.92. The summed E-state index contributed by atoms with van der Waals surface area (Å²) in [5.74, 6) is -1.37. The Kier molecular flexibility index (Phi) is 6.09. The van der Waals surface area contributed by atoms with E-state index in [9.17, 15) is 19.5 Å². The van der Waals surface area contributed by atoms with Crippen LogP contribution in [0.2, 0.25) is 0 Å². The van der Waals surface area contributed by atoms with Gasteiger partial charge in [-0.05, 0) is 41.5 Å². The highest BCUT2D eigenvalue weighted by atomic mass is 16.5. The van der Waals surface area contributed by atoms with Gasteiger partial charge < -0.3 is 20.1 Å². The highest BCUT2D eigenvalue weighted by Crippen LogP contribution is 2.44. The molecule has 0 aromatic heterocycles. The zero-order chi connectivity index (χ0) is 24.6. The van der Waals surface area contributed by atoms with Gasteiger partial charge in [0.25, 0.3) is 0 Å². The molecule has 0 bridgehead atoms. The molecule has 2 fully saturated rings. The number of benzene rings is 2. The molecule has 7 heteroatoms. The van der Waals surface area contributed by atoms with Gasteiger partial charge in [0.15, 0.2) is 0 Å². The van der Waals surface area contributed by atoms with Crippen LogP contribution in [0.5, 0.6) is 0 Å². The van der Waals surface area contributed by atoms with E-state index in [0.717, 1.165) is 17.5 Å². The Morgan fingerprint density at radius 2 is 1.69 bits per heavy atom. The normalized spacial score (nSPS) is 22.0. The van der Waals surface area contributed by atoms with E-state index in [4.69, 9.17) is 4.74 Å². The topological polar surface area (TPSA) is 95.9 Å². The summed E-state index contributed by atoms with van der Waals surface area (Å²) >= 11 is 0. The number of carbonyl (C=O) groups is 3. The lowest BCUT2D eigenvalue weighted by atomic mass is 9.76. The maximum absolute atomic E-state index is 13.1. The molecule has 1 saturated carbocycles. The van der Waals surface area contributed by atoms with Crippen LogP contribution in [0.25, 0.3) is 11.1 Å². The molecule has 1 saturated heterocycles. The number of hydrogen-bond acceptors (Lipinski definition) is 4. The lowest BCUT2D eigenvalue weighted by Gasteiger charge is -2.48. The fourth-order valence-corrected chi connectivity index (χ4v) is 5.92. The Hall–Kier alpha value is -3.61. The van der Waals surface area contributed by atoms with Crippen molar-refractivity contribution in [1.29, 1.82) is 0 Å².